The number of hydrogen-bond acceptors (Lipinski definition) is 2. The predicted molar refractivity (Wildman–Crippen MR) is 58.2 cm³/mol. The maximum Gasteiger partial charge on any atom is 0.222 e. The minimum Gasteiger partial charge on any atom is -0.343 e. The lowest BCUT2D eigenvalue weighted by atomic mass is 10.1. The average molecular weight is 198 g/mol. The smallest absolute Gasteiger partial charge is 0.222 e. The number of rotatable bonds is 5. The summed E-state index contributed by atoms with van der Waals surface area (Å²) in [6, 6.07) is 0.592. The van der Waals surface area contributed by atoms with Crippen molar-refractivity contribution in [1.29, 1.82) is 0 Å². The van der Waals surface area contributed by atoms with Crippen molar-refractivity contribution >= 4 is 5.91 Å². The minimum absolute atomic E-state index is 0.309. The Hall–Kier alpha value is -0.570. The third-order valence-corrected chi connectivity index (χ3v) is 2.99. The van der Waals surface area contributed by atoms with E-state index >= 15 is 0 Å². The van der Waals surface area contributed by atoms with Crippen LogP contribution in [0.5, 0.6) is 0 Å². The van der Waals surface area contributed by atoms with Crippen molar-refractivity contribution in [2.45, 2.75) is 45.6 Å². The monoisotopic (exact) mass is 198 g/mol. The van der Waals surface area contributed by atoms with E-state index in [2.05, 4.69) is 5.32 Å². The Morgan fingerprint density at radius 2 is 2.14 bits per heavy atom. The summed E-state index contributed by atoms with van der Waals surface area (Å²) >= 11 is 0. The van der Waals surface area contributed by atoms with Crippen LogP contribution in [-0.2, 0) is 4.79 Å². The van der Waals surface area contributed by atoms with Crippen LogP contribution in [0.25, 0.3) is 0 Å². The van der Waals surface area contributed by atoms with Gasteiger partial charge in [0.15, 0.2) is 0 Å². The van der Waals surface area contributed by atoms with Crippen LogP contribution in [0.15, 0.2) is 0 Å². The minimum atomic E-state index is 0.309. The fourth-order valence-corrected chi connectivity index (χ4v) is 2.04. The quantitative estimate of drug-likeness (QED) is 0.724. The van der Waals surface area contributed by atoms with E-state index in [4.69, 9.17) is 0 Å². The van der Waals surface area contributed by atoms with Gasteiger partial charge in [-0.3, -0.25) is 4.79 Å². The van der Waals surface area contributed by atoms with Gasteiger partial charge in [0.1, 0.15) is 0 Å². The highest BCUT2D eigenvalue weighted by molar-refractivity contribution is 5.76. The summed E-state index contributed by atoms with van der Waals surface area (Å²) in [6.07, 6.45) is 4.23. The van der Waals surface area contributed by atoms with E-state index in [9.17, 15) is 4.79 Å². The summed E-state index contributed by atoms with van der Waals surface area (Å²) < 4.78 is 0. The molecular weight excluding hydrogens is 176 g/mol. The molecule has 82 valence electrons. The predicted octanol–water partition coefficient (Wildman–Crippen LogP) is 1.39. The summed E-state index contributed by atoms with van der Waals surface area (Å²) in [7, 11) is 0. The fourth-order valence-electron chi connectivity index (χ4n) is 2.04. The first-order valence-corrected chi connectivity index (χ1v) is 5.79. The van der Waals surface area contributed by atoms with Crippen molar-refractivity contribution in [1.82, 2.24) is 10.2 Å². The number of carbonyl (C=O) groups is 1. The third-order valence-electron chi connectivity index (χ3n) is 2.99. The first-order valence-electron chi connectivity index (χ1n) is 5.79. The molecule has 1 amide bonds. The Bertz CT molecular complexity index is 172. The van der Waals surface area contributed by atoms with Gasteiger partial charge in [0, 0.05) is 25.6 Å². The summed E-state index contributed by atoms with van der Waals surface area (Å²) in [6.45, 7) is 6.88. The molecule has 1 heterocycles. The van der Waals surface area contributed by atoms with Gasteiger partial charge < -0.3 is 10.2 Å². The second-order valence-corrected chi connectivity index (χ2v) is 3.90. The molecule has 0 bridgehead atoms. The molecule has 0 aromatic heterocycles. The van der Waals surface area contributed by atoms with Gasteiger partial charge in [0.25, 0.3) is 0 Å². The fraction of sp³-hybridized carbons (Fsp3) is 0.909. The highest BCUT2D eigenvalue weighted by Crippen LogP contribution is 2.11. The maximum atomic E-state index is 11.7. The van der Waals surface area contributed by atoms with Gasteiger partial charge >= 0.3 is 0 Å². The van der Waals surface area contributed by atoms with E-state index in [1.807, 2.05) is 18.7 Å². The zero-order valence-corrected chi connectivity index (χ0v) is 9.38. The molecule has 0 aliphatic carbocycles. The lowest BCUT2D eigenvalue weighted by Crippen LogP contribution is -2.32. The molecule has 1 rings (SSSR count). The molecule has 14 heavy (non-hydrogen) atoms. The van der Waals surface area contributed by atoms with Gasteiger partial charge in [-0.2, -0.15) is 0 Å². The SMILES string of the molecule is CCN(CC)C(=O)CCC1CCCN1. The molecule has 1 saturated heterocycles. The molecule has 3 nitrogen and oxygen atoms in total. The summed E-state index contributed by atoms with van der Waals surface area (Å²) in [4.78, 5) is 13.6. The first-order chi connectivity index (χ1) is 6.77. The summed E-state index contributed by atoms with van der Waals surface area (Å²) in [5.74, 6) is 0.309. The van der Waals surface area contributed by atoms with Crippen molar-refractivity contribution in [2.24, 2.45) is 0 Å². The Labute approximate surface area is 86.9 Å². The average Bonchev–Trinajstić information content (AvgIpc) is 2.69. The van der Waals surface area contributed by atoms with Crippen LogP contribution in [0.2, 0.25) is 0 Å². The lowest BCUT2D eigenvalue weighted by molar-refractivity contribution is -0.131. The first kappa shape index (κ1) is 11.5. The van der Waals surface area contributed by atoms with Crippen LogP contribution in [0, 0.1) is 0 Å². The lowest BCUT2D eigenvalue weighted by Gasteiger charge is -2.19. The third kappa shape index (κ3) is 3.29. The molecule has 0 aromatic carbocycles. The second-order valence-electron chi connectivity index (χ2n) is 3.90. The van der Waals surface area contributed by atoms with Crippen LogP contribution in [0.3, 0.4) is 0 Å². The topological polar surface area (TPSA) is 32.3 Å². The Morgan fingerprint density at radius 3 is 2.64 bits per heavy atom. The number of nitrogens with one attached hydrogen (secondary N) is 1. The molecule has 1 aliphatic heterocycles. The molecule has 0 saturated carbocycles. The zero-order chi connectivity index (χ0) is 10.4. The summed E-state index contributed by atoms with van der Waals surface area (Å²) in [5, 5.41) is 3.42. The maximum absolute atomic E-state index is 11.7. The van der Waals surface area contributed by atoms with Gasteiger partial charge in [-0.15, -0.1) is 0 Å². The molecule has 1 fully saturated rings. The van der Waals surface area contributed by atoms with E-state index in [1.54, 1.807) is 0 Å². The zero-order valence-electron chi connectivity index (χ0n) is 9.38. The molecule has 0 radical (unpaired) electrons. The van der Waals surface area contributed by atoms with Crippen LogP contribution in [-0.4, -0.2) is 36.5 Å². The van der Waals surface area contributed by atoms with E-state index in [0.717, 1.165) is 26.1 Å². The molecule has 0 spiro atoms. The highest BCUT2D eigenvalue weighted by Gasteiger charge is 2.16. The second kappa shape index (κ2) is 6.02. The van der Waals surface area contributed by atoms with Crippen LogP contribution < -0.4 is 5.32 Å². The Balaban J connectivity index is 2.18. The number of amides is 1. The van der Waals surface area contributed by atoms with Crippen molar-refractivity contribution in [3.63, 3.8) is 0 Å². The Morgan fingerprint density at radius 1 is 1.43 bits per heavy atom. The van der Waals surface area contributed by atoms with Crippen molar-refractivity contribution in [2.75, 3.05) is 19.6 Å². The van der Waals surface area contributed by atoms with Crippen LogP contribution in [0.4, 0.5) is 0 Å². The highest BCUT2D eigenvalue weighted by atomic mass is 16.2. The van der Waals surface area contributed by atoms with Gasteiger partial charge in [0.2, 0.25) is 5.91 Å². The molecule has 3 heteroatoms. The number of hydrogen-bond donors (Lipinski definition) is 1. The molecule has 0 aromatic rings. The van der Waals surface area contributed by atoms with Gasteiger partial charge in [-0.25, -0.2) is 0 Å². The van der Waals surface area contributed by atoms with Crippen molar-refractivity contribution < 1.29 is 4.79 Å². The molecule has 1 N–H and O–H groups in total. The van der Waals surface area contributed by atoms with Gasteiger partial charge in [-0.1, -0.05) is 0 Å². The molecule has 1 aliphatic rings. The van der Waals surface area contributed by atoms with Crippen molar-refractivity contribution in [3.8, 4) is 0 Å². The standard InChI is InChI=1S/C11H22N2O/c1-3-13(4-2)11(14)8-7-10-6-5-9-12-10/h10,12H,3-9H2,1-2H3. The molecule has 1 unspecified atom stereocenters. The normalized spacial score (nSPS) is 21.1. The van der Waals surface area contributed by atoms with Crippen LogP contribution in [0.1, 0.15) is 39.5 Å². The number of nitrogens with zero attached hydrogens (tertiary/aromatic N) is 1. The van der Waals surface area contributed by atoms with Gasteiger partial charge in [0.05, 0.1) is 0 Å². The molecular formula is C11H22N2O. The molecule has 1 atom stereocenters. The van der Waals surface area contributed by atoms with Gasteiger partial charge in [-0.05, 0) is 39.7 Å². The number of carbonyl (C=O) groups excluding carboxylic acids is 1. The van der Waals surface area contributed by atoms with E-state index in [0.29, 0.717) is 18.4 Å². The van der Waals surface area contributed by atoms with Crippen molar-refractivity contribution in [3.05, 3.63) is 0 Å². The van der Waals surface area contributed by atoms with E-state index in [1.165, 1.54) is 12.8 Å². The van der Waals surface area contributed by atoms with E-state index in [-0.39, 0.29) is 0 Å². The Kier molecular flexibility index (Phi) is 4.94. The summed E-state index contributed by atoms with van der Waals surface area (Å²) in [5.41, 5.74) is 0. The largest absolute Gasteiger partial charge is 0.343 e. The van der Waals surface area contributed by atoms with Crippen LogP contribution >= 0.6 is 0 Å². The van der Waals surface area contributed by atoms with E-state index < -0.39 is 0 Å².